The van der Waals surface area contributed by atoms with Gasteiger partial charge >= 0.3 is 5.97 Å². The fourth-order valence-corrected chi connectivity index (χ4v) is 2.75. The second kappa shape index (κ2) is 7.27. The zero-order valence-electron chi connectivity index (χ0n) is 10.6. The number of aliphatic carboxylic acids is 1. The number of carbonyl (C=O) groups excluding carboxylic acids is 1. The van der Waals surface area contributed by atoms with Crippen molar-refractivity contribution in [3.05, 3.63) is 24.3 Å². The Bertz CT molecular complexity index is 601. The van der Waals surface area contributed by atoms with Crippen molar-refractivity contribution in [1.29, 1.82) is 0 Å². The van der Waals surface area contributed by atoms with Crippen LogP contribution in [0.2, 0.25) is 0 Å². The lowest BCUT2D eigenvalue weighted by Crippen LogP contribution is -2.22. The lowest BCUT2D eigenvalue weighted by molar-refractivity contribution is -0.133. The predicted molar refractivity (Wildman–Crippen MR) is 76.3 cm³/mol. The van der Waals surface area contributed by atoms with E-state index in [1.807, 2.05) is 0 Å². The van der Waals surface area contributed by atoms with Crippen molar-refractivity contribution in [3.63, 3.8) is 0 Å². The Morgan fingerprint density at radius 1 is 1.25 bits per heavy atom. The van der Waals surface area contributed by atoms with Crippen LogP contribution in [0.15, 0.2) is 29.2 Å². The zero-order valence-corrected chi connectivity index (χ0v) is 12.3. The van der Waals surface area contributed by atoms with E-state index >= 15 is 0 Å². The average Bonchev–Trinajstić information content (AvgIpc) is 2.38. The summed E-state index contributed by atoms with van der Waals surface area (Å²) in [6, 6.07) is 5.96. The van der Waals surface area contributed by atoms with Gasteiger partial charge in [-0.25, -0.2) is 13.1 Å². The highest BCUT2D eigenvalue weighted by Crippen LogP contribution is 2.20. The number of hydrogen-bond acceptors (Lipinski definition) is 5. The number of hydrogen-bond donors (Lipinski definition) is 3. The summed E-state index contributed by atoms with van der Waals surface area (Å²) in [5.41, 5.74) is 0.155. The van der Waals surface area contributed by atoms with Crippen LogP contribution in [-0.4, -0.2) is 44.0 Å². The molecule has 0 unspecified atom stereocenters. The minimum atomic E-state index is -3.67. The molecule has 20 heavy (non-hydrogen) atoms. The minimum absolute atomic E-state index is 0.0425. The molecule has 7 nitrogen and oxygen atoms in total. The molecule has 0 fully saturated rings. The van der Waals surface area contributed by atoms with Gasteiger partial charge in [0, 0.05) is 0 Å². The van der Waals surface area contributed by atoms with E-state index in [0.717, 1.165) is 11.8 Å². The first-order valence-corrected chi connectivity index (χ1v) is 8.12. The van der Waals surface area contributed by atoms with Crippen LogP contribution < -0.4 is 10.0 Å². The van der Waals surface area contributed by atoms with Crippen LogP contribution >= 0.6 is 11.8 Å². The van der Waals surface area contributed by atoms with Crippen molar-refractivity contribution in [2.45, 2.75) is 4.90 Å². The highest BCUT2D eigenvalue weighted by molar-refractivity contribution is 8.00. The number of nitrogens with one attached hydrogen (secondary N) is 2. The minimum Gasteiger partial charge on any atom is -0.481 e. The zero-order chi connectivity index (χ0) is 15.2. The first-order valence-electron chi connectivity index (χ1n) is 5.49. The van der Waals surface area contributed by atoms with Crippen molar-refractivity contribution in [2.75, 3.05) is 23.9 Å². The Morgan fingerprint density at radius 2 is 1.90 bits per heavy atom. The van der Waals surface area contributed by atoms with Gasteiger partial charge in [0.2, 0.25) is 15.9 Å². The van der Waals surface area contributed by atoms with Crippen LogP contribution in [0.1, 0.15) is 0 Å². The highest BCUT2D eigenvalue weighted by Gasteiger charge is 2.17. The van der Waals surface area contributed by atoms with E-state index in [2.05, 4.69) is 10.0 Å². The molecule has 0 radical (unpaired) electrons. The Balaban J connectivity index is 2.78. The smallest absolute Gasteiger partial charge is 0.313 e. The third kappa shape index (κ3) is 4.83. The standard InChI is InChI=1S/C11H14N2O5S2/c1-12-20(17,18)9-5-3-2-4-8(9)13-10(14)6-19-7-11(15)16/h2-5,12H,6-7H2,1H3,(H,13,14)(H,15,16). The molecule has 0 saturated heterocycles. The van der Waals surface area contributed by atoms with Crippen LogP contribution in [0.4, 0.5) is 5.69 Å². The molecule has 110 valence electrons. The molecule has 0 spiro atoms. The number of thioether (sulfide) groups is 1. The van der Waals surface area contributed by atoms with E-state index in [4.69, 9.17) is 5.11 Å². The van der Waals surface area contributed by atoms with Crippen molar-refractivity contribution >= 4 is 39.3 Å². The second-order valence-electron chi connectivity index (χ2n) is 3.64. The number of benzene rings is 1. The molecule has 0 aliphatic carbocycles. The maximum absolute atomic E-state index is 11.8. The molecule has 9 heteroatoms. The Kier molecular flexibility index (Phi) is 5.99. The summed E-state index contributed by atoms with van der Waals surface area (Å²) in [6.07, 6.45) is 0. The number of para-hydroxylation sites is 1. The van der Waals surface area contributed by atoms with Crippen LogP contribution in [0.25, 0.3) is 0 Å². The number of carboxylic acids is 1. The third-order valence-corrected chi connectivity index (χ3v) is 4.57. The molecule has 1 amide bonds. The second-order valence-corrected chi connectivity index (χ2v) is 6.48. The van der Waals surface area contributed by atoms with Gasteiger partial charge in [0.15, 0.2) is 0 Å². The monoisotopic (exact) mass is 318 g/mol. The van der Waals surface area contributed by atoms with E-state index in [9.17, 15) is 18.0 Å². The molecule has 0 aliphatic rings. The van der Waals surface area contributed by atoms with Gasteiger partial charge in [-0.3, -0.25) is 9.59 Å². The molecule has 1 aromatic carbocycles. The molecule has 0 saturated carbocycles. The van der Waals surface area contributed by atoms with Gasteiger partial charge in [0.1, 0.15) is 4.90 Å². The summed E-state index contributed by atoms with van der Waals surface area (Å²) in [5.74, 6) is -1.74. The van der Waals surface area contributed by atoms with Gasteiger partial charge in [0.05, 0.1) is 17.2 Å². The van der Waals surface area contributed by atoms with E-state index in [-0.39, 0.29) is 22.1 Å². The topological polar surface area (TPSA) is 113 Å². The van der Waals surface area contributed by atoms with E-state index < -0.39 is 21.9 Å². The first kappa shape index (κ1) is 16.5. The number of amides is 1. The predicted octanol–water partition coefficient (Wildman–Crippen LogP) is 0.351. The summed E-state index contributed by atoms with van der Waals surface area (Å²) in [7, 11) is -2.40. The van der Waals surface area contributed by atoms with Crippen molar-refractivity contribution in [3.8, 4) is 0 Å². The first-order chi connectivity index (χ1) is 9.36. The van der Waals surface area contributed by atoms with Crippen molar-refractivity contribution < 1.29 is 23.1 Å². The molecule has 0 bridgehead atoms. The Hall–Kier alpha value is -1.58. The highest BCUT2D eigenvalue weighted by atomic mass is 32.2. The summed E-state index contributed by atoms with van der Waals surface area (Å²) in [6.45, 7) is 0. The lowest BCUT2D eigenvalue weighted by Gasteiger charge is -2.10. The molecule has 0 aromatic heterocycles. The van der Waals surface area contributed by atoms with Crippen LogP contribution in [-0.2, 0) is 19.6 Å². The van der Waals surface area contributed by atoms with Gasteiger partial charge in [-0.1, -0.05) is 12.1 Å². The summed E-state index contributed by atoms with van der Waals surface area (Å²) in [5, 5.41) is 10.9. The van der Waals surface area contributed by atoms with Gasteiger partial charge in [0.25, 0.3) is 0 Å². The summed E-state index contributed by atoms with van der Waals surface area (Å²) < 4.78 is 25.7. The average molecular weight is 318 g/mol. The van der Waals surface area contributed by atoms with Gasteiger partial charge < -0.3 is 10.4 Å². The molecule has 0 heterocycles. The van der Waals surface area contributed by atoms with Gasteiger partial charge in [-0.15, -0.1) is 11.8 Å². The van der Waals surface area contributed by atoms with E-state index in [0.29, 0.717) is 0 Å². The largest absolute Gasteiger partial charge is 0.481 e. The molecule has 0 aliphatic heterocycles. The maximum Gasteiger partial charge on any atom is 0.313 e. The normalized spacial score (nSPS) is 11.1. The number of carbonyl (C=O) groups is 2. The number of rotatable bonds is 7. The fraction of sp³-hybridized carbons (Fsp3) is 0.273. The fourth-order valence-electron chi connectivity index (χ4n) is 1.33. The molecular formula is C11H14N2O5S2. The van der Waals surface area contributed by atoms with Crippen LogP contribution in [0.3, 0.4) is 0 Å². The summed E-state index contributed by atoms with van der Waals surface area (Å²) >= 11 is 0.931. The molecule has 3 N–H and O–H groups in total. The van der Waals surface area contributed by atoms with E-state index in [1.165, 1.54) is 19.2 Å². The summed E-state index contributed by atoms with van der Waals surface area (Å²) in [4.78, 5) is 21.9. The number of anilines is 1. The number of sulfonamides is 1. The SMILES string of the molecule is CNS(=O)(=O)c1ccccc1NC(=O)CSCC(=O)O. The van der Waals surface area contributed by atoms with Crippen molar-refractivity contribution in [1.82, 2.24) is 4.72 Å². The van der Waals surface area contributed by atoms with Crippen LogP contribution in [0.5, 0.6) is 0 Å². The van der Waals surface area contributed by atoms with Gasteiger partial charge in [-0.2, -0.15) is 0 Å². The molecule has 1 aromatic rings. The van der Waals surface area contributed by atoms with Crippen molar-refractivity contribution in [2.24, 2.45) is 0 Å². The van der Waals surface area contributed by atoms with Gasteiger partial charge in [-0.05, 0) is 19.2 Å². The quantitative estimate of drug-likeness (QED) is 0.669. The molecule has 1 rings (SSSR count). The number of carboxylic acid groups (broad SMARTS) is 1. The molecular weight excluding hydrogens is 304 g/mol. The Morgan fingerprint density at radius 3 is 2.50 bits per heavy atom. The van der Waals surface area contributed by atoms with E-state index in [1.54, 1.807) is 12.1 Å². The molecule has 0 atom stereocenters. The maximum atomic E-state index is 11.8. The lowest BCUT2D eigenvalue weighted by atomic mass is 10.3. The van der Waals surface area contributed by atoms with Crippen LogP contribution in [0, 0.1) is 0 Å². The third-order valence-electron chi connectivity index (χ3n) is 2.18. The Labute approximate surface area is 120 Å².